The number of sulfone groups is 1. The van der Waals surface area contributed by atoms with E-state index in [-0.39, 0.29) is 22.0 Å². The van der Waals surface area contributed by atoms with Gasteiger partial charge in [-0.1, -0.05) is 17.3 Å². The second kappa shape index (κ2) is 8.94. The molecule has 0 unspecified atom stereocenters. The molecule has 1 saturated carbocycles. The summed E-state index contributed by atoms with van der Waals surface area (Å²) in [6.07, 6.45) is 3.96. The molecule has 1 amide bonds. The van der Waals surface area contributed by atoms with Crippen LogP contribution in [0.5, 0.6) is 0 Å². The molecular weight excluding hydrogens is 446 g/mol. The summed E-state index contributed by atoms with van der Waals surface area (Å²) >= 11 is 1.27. The molecule has 1 aliphatic carbocycles. The molecule has 1 aromatic carbocycles. The number of anilines is 1. The van der Waals surface area contributed by atoms with Gasteiger partial charge in [0.05, 0.1) is 10.1 Å². The molecule has 2 aliphatic rings. The zero-order valence-electron chi connectivity index (χ0n) is 16.0. The highest BCUT2D eigenvalue weighted by atomic mass is 32.2. The van der Waals surface area contributed by atoms with Gasteiger partial charge in [0.2, 0.25) is 0 Å². The molecule has 160 valence electrons. The Balaban J connectivity index is 1.56. The Labute approximate surface area is 181 Å². The minimum absolute atomic E-state index is 0.0345. The fourth-order valence-corrected chi connectivity index (χ4v) is 6.48. The fourth-order valence-electron chi connectivity index (χ4n) is 3.04. The van der Waals surface area contributed by atoms with Gasteiger partial charge in [-0.3, -0.25) is 14.3 Å². The monoisotopic (exact) mass is 467 g/mol. The number of nitrogens with zero attached hydrogens (tertiary/aromatic N) is 2. The molecule has 2 aromatic rings. The third-order valence-electron chi connectivity index (χ3n) is 4.92. The second-order valence-corrected chi connectivity index (χ2v) is 12.0. The molecule has 8 nitrogen and oxygen atoms in total. The van der Waals surface area contributed by atoms with Crippen molar-refractivity contribution in [1.29, 1.82) is 0 Å². The Hall–Kier alpha value is -2.11. The van der Waals surface area contributed by atoms with Gasteiger partial charge in [0, 0.05) is 39.4 Å². The average molecular weight is 468 g/mol. The van der Waals surface area contributed by atoms with Crippen LogP contribution in [0, 0.1) is 0 Å². The largest absolute Gasteiger partial charge is 0.392 e. The van der Waals surface area contributed by atoms with E-state index in [0.717, 1.165) is 0 Å². The number of hydrogen-bond acceptors (Lipinski definition) is 8. The van der Waals surface area contributed by atoms with Crippen LogP contribution in [-0.4, -0.2) is 52.1 Å². The van der Waals surface area contributed by atoms with E-state index in [1.807, 2.05) is 0 Å². The molecule has 11 heteroatoms. The third-order valence-corrected chi connectivity index (χ3v) is 9.26. The Bertz CT molecular complexity index is 1050. The van der Waals surface area contributed by atoms with Gasteiger partial charge in [-0.25, -0.2) is 13.4 Å². The van der Waals surface area contributed by atoms with Gasteiger partial charge in [-0.05, 0) is 37.8 Å². The number of oxime groups is 1. The SMILES string of the molecule is O=C(Nc1nccs1)C(=NOC1CCS(=O)CC1)c1ccc(S(=O)(=O)C2CC2)cc1. The van der Waals surface area contributed by atoms with Crippen LogP contribution in [0.4, 0.5) is 5.13 Å². The summed E-state index contributed by atoms with van der Waals surface area (Å²) in [7, 11) is -4.14. The summed E-state index contributed by atoms with van der Waals surface area (Å²) < 4.78 is 36.3. The lowest BCUT2D eigenvalue weighted by Crippen LogP contribution is -2.27. The molecule has 1 aliphatic heterocycles. The van der Waals surface area contributed by atoms with Crippen LogP contribution in [0.25, 0.3) is 0 Å². The van der Waals surface area contributed by atoms with Crippen LogP contribution in [0.15, 0.2) is 45.9 Å². The van der Waals surface area contributed by atoms with Crippen LogP contribution in [-0.2, 0) is 30.3 Å². The molecule has 4 rings (SSSR count). The number of nitrogens with one attached hydrogen (secondary N) is 1. The summed E-state index contributed by atoms with van der Waals surface area (Å²) in [5.74, 6) is 0.602. The molecular formula is C19H21N3O5S3. The van der Waals surface area contributed by atoms with Crippen molar-refractivity contribution in [3.8, 4) is 0 Å². The van der Waals surface area contributed by atoms with Crippen molar-refractivity contribution < 1.29 is 22.3 Å². The predicted molar refractivity (Wildman–Crippen MR) is 116 cm³/mol. The van der Waals surface area contributed by atoms with E-state index in [4.69, 9.17) is 4.84 Å². The van der Waals surface area contributed by atoms with Crippen LogP contribution < -0.4 is 5.32 Å². The van der Waals surface area contributed by atoms with Gasteiger partial charge < -0.3 is 4.84 Å². The van der Waals surface area contributed by atoms with E-state index in [1.165, 1.54) is 23.5 Å². The second-order valence-electron chi connectivity index (χ2n) is 7.15. The first-order valence-corrected chi connectivity index (χ1v) is 13.5. The Kier molecular flexibility index (Phi) is 6.30. The molecule has 2 fully saturated rings. The van der Waals surface area contributed by atoms with Gasteiger partial charge in [0.15, 0.2) is 20.7 Å². The standard InChI is InChI=1S/C19H21N3O5S3/c23-18(21-19-20-9-10-28-19)17(22-27-14-7-11-29(24)12-8-14)13-1-3-15(4-2-13)30(25,26)16-5-6-16/h1-4,9-10,14,16H,5-8,11-12H2,(H,20,21,23). The average Bonchev–Trinajstić information content (AvgIpc) is 3.49. The van der Waals surface area contributed by atoms with Crippen molar-refractivity contribution in [3.63, 3.8) is 0 Å². The van der Waals surface area contributed by atoms with Crippen molar-refractivity contribution in [2.75, 3.05) is 16.8 Å². The minimum atomic E-state index is -3.31. The molecule has 1 N–H and O–H groups in total. The summed E-state index contributed by atoms with van der Waals surface area (Å²) in [5, 5.41) is 8.64. The number of thiazole rings is 1. The molecule has 0 spiro atoms. The van der Waals surface area contributed by atoms with Crippen molar-refractivity contribution in [1.82, 2.24) is 4.98 Å². The number of aromatic nitrogens is 1. The normalized spacial score (nSPS) is 22.5. The molecule has 1 saturated heterocycles. The number of hydrogen-bond donors (Lipinski definition) is 1. The lowest BCUT2D eigenvalue weighted by Gasteiger charge is -2.19. The van der Waals surface area contributed by atoms with Crippen LogP contribution >= 0.6 is 11.3 Å². The van der Waals surface area contributed by atoms with Crippen molar-refractivity contribution in [2.45, 2.75) is 41.9 Å². The number of benzene rings is 1. The van der Waals surface area contributed by atoms with Crippen molar-refractivity contribution in [3.05, 3.63) is 41.4 Å². The quantitative estimate of drug-likeness (QED) is 0.494. The highest BCUT2D eigenvalue weighted by Gasteiger charge is 2.36. The third kappa shape index (κ3) is 4.96. The number of carbonyl (C=O) groups excluding carboxylic acids is 1. The van der Waals surface area contributed by atoms with Gasteiger partial charge in [-0.2, -0.15) is 0 Å². The van der Waals surface area contributed by atoms with Gasteiger partial charge in [0.1, 0.15) is 6.10 Å². The maximum absolute atomic E-state index is 12.8. The number of carbonyl (C=O) groups is 1. The van der Waals surface area contributed by atoms with E-state index in [1.54, 1.807) is 23.7 Å². The van der Waals surface area contributed by atoms with Crippen molar-refractivity contribution in [2.24, 2.45) is 5.16 Å². The van der Waals surface area contributed by atoms with E-state index in [9.17, 15) is 17.4 Å². The summed E-state index contributed by atoms with van der Waals surface area (Å²) in [6.45, 7) is 0. The topological polar surface area (TPSA) is 115 Å². The first kappa shape index (κ1) is 21.1. The first-order valence-electron chi connectivity index (χ1n) is 9.57. The number of rotatable bonds is 7. The predicted octanol–water partition coefficient (Wildman–Crippen LogP) is 2.35. The Morgan fingerprint density at radius 1 is 1.17 bits per heavy atom. The summed E-state index contributed by atoms with van der Waals surface area (Å²) in [5.41, 5.74) is 0.477. The highest BCUT2D eigenvalue weighted by molar-refractivity contribution is 7.92. The van der Waals surface area contributed by atoms with Crippen molar-refractivity contribution >= 4 is 48.7 Å². The zero-order chi connectivity index (χ0) is 21.1. The fraction of sp³-hybridized carbons (Fsp3) is 0.421. The van der Waals surface area contributed by atoms with E-state index >= 15 is 0 Å². The maximum Gasteiger partial charge on any atom is 0.280 e. The minimum Gasteiger partial charge on any atom is -0.392 e. The van der Waals surface area contributed by atoms with Crippen LogP contribution in [0.2, 0.25) is 0 Å². The van der Waals surface area contributed by atoms with Crippen LogP contribution in [0.1, 0.15) is 31.2 Å². The molecule has 1 aromatic heterocycles. The van der Waals surface area contributed by atoms with E-state index in [0.29, 0.717) is 47.9 Å². The van der Waals surface area contributed by atoms with E-state index < -0.39 is 26.5 Å². The molecule has 0 bridgehead atoms. The highest BCUT2D eigenvalue weighted by Crippen LogP contribution is 2.33. The smallest absolute Gasteiger partial charge is 0.280 e. The van der Waals surface area contributed by atoms with Crippen LogP contribution in [0.3, 0.4) is 0 Å². The van der Waals surface area contributed by atoms with Gasteiger partial charge >= 0.3 is 0 Å². The summed E-state index contributed by atoms with van der Waals surface area (Å²) in [4.78, 5) is 22.7. The lowest BCUT2D eigenvalue weighted by atomic mass is 10.1. The zero-order valence-corrected chi connectivity index (χ0v) is 18.5. The Morgan fingerprint density at radius 3 is 2.47 bits per heavy atom. The lowest BCUT2D eigenvalue weighted by molar-refractivity contribution is -0.110. The molecule has 30 heavy (non-hydrogen) atoms. The van der Waals surface area contributed by atoms with E-state index in [2.05, 4.69) is 15.5 Å². The molecule has 2 heterocycles. The molecule has 0 atom stereocenters. The Morgan fingerprint density at radius 2 is 1.87 bits per heavy atom. The molecule has 0 radical (unpaired) electrons. The first-order chi connectivity index (χ1) is 14.4. The maximum atomic E-state index is 12.8. The number of amides is 1. The van der Waals surface area contributed by atoms with Gasteiger partial charge in [0.25, 0.3) is 5.91 Å². The summed E-state index contributed by atoms with van der Waals surface area (Å²) in [6, 6.07) is 6.13. The van der Waals surface area contributed by atoms with Gasteiger partial charge in [-0.15, -0.1) is 11.3 Å².